The summed E-state index contributed by atoms with van der Waals surface area (Å²) in [6.07, 6.45) is 6.15. The van der Waals surface area contributed by atoms with E-state index in [2.05, 4.69) is 0 Å². The van der Waals surface area contributed by atoms with Gasteiger partial charge in [0.15, 0.2) is 0 Å². The molecule has 1 aromatic rings. The lowest BCUT2D eigenvalue weighted by atomic mass is 9.90. The summed E-state index contributed by atoms with van der Waals surface area (Å²) >= 11 is 0. The first-order chi connectivity index (χ1) is 9.20. The van der Waals surface area contributed by atoms with Crippen LogP contribution in [0.25, 0.3) is 0 Å². The predicted octanol–water partition coefficient (Wildman–Crippen LogP) is 3.43. The van der Waals surface area contributed by atoms with Crippen molar-refractivity contribution in [2.45, 2.75) is 32.1 Å². The van der Waals surface area contributed by atoms with Crippen molar-refractivity contribution in [2.24, 2.45) is 5.92 Å². The Labute approximate surface area is 112 Å². The summed E-state index contributed by atoms with van der Waals surface area (Å²) in [6, 6.07) is 6.16. The number of rotatable bonds is 4. The molecule has 2 rings (SSSR count). The third-order valence-electron chi connectivity index (χ3n) is 3.50. The van der Waals surface area contributed by atoms with Gasteiger partial charge in [-0.15, -0.1) is 0 Å². The van der Waals surface area contributed by atoms with Gasteiger partial charge in [-0.05, 0) is 24.8 Å². The highest BCUT2D eigenvalue weighted by molar-refractivity contribution is 5.52. The van der Waals surface area contributed by atoms with E-state index in [1.54, 1.807) is 6.07 Å². The van der Waals surface area contributed by atoms with E-state index in [0.29, 0.717) is 18.3 Å². The molecule has 0 radical (unpaired) electrons. The molecule has 5 nitrogen and oxygen atoms in total. The first kappa shape index (κ1) is 13.3. The number of nitrogens with zero attached hydrogens (tertiary/aromatic N) is 2. The van der Waals surface area contributed by atoms with Crippen LogP contribution in [-0.2, 0) is 0 Å². The number of hydrogen-bond acceptors (Lipinski definition) is 4. The zero-order chi connectivity index (χ0) is 13.7. The highest BCUT2D eigenvalue weighted by atomic mass is 16.6. The zero-order valence-corrected chi connectivity index (χ0v) is 10.7. The number of ether oxygens (including phenoxy) is 1. The fraction of sp³-hybridized carbons (Fsp3) is 0.500. The van der Waals surface area contributed by atoms with Crippen molar-refractivity contribution in [2.75, 3.05) is 6.61 Å². The van der Waals surface area contributed by atoms with Crippen molar-refractivity contribution in [1.82, 2.24) is 0 Å². The molecule has 0 spiro atoms. The van der Waals surface area contributed by atoms with Gasteiger partial charge < -0.3 is 4.74 Å². The van der Waals surface area contributed by atoms with Crippen molar-refractivity contribution in [1.29, 1.82) is 5.26 Å². The molecule has 0 saturated heterocycles. The zero-order valence-electron chi connectivity index (χ0n) is 10.7. The Morgan fingerprint density at radius 2 is 2.11 bits per heavy atom. The third-order valence-corrected chi connectivity index (χ3v) is 3.50. The van der Waals surface area contributed by atoms with Crippen LogP contribution in [0.2, 0.25) is 0 Å². The minimum Gasteiger partial charge on any atom is -0.493 e. The lowest BCUT2D eigenvalue weighted by Gasteiger charge is -2.21. The topological polar surface area (TPSA) is 76.2 Å². The van der Waals surface area contributed by atoms with Crippen LogP contribution in [0.3, 0.4) is 0 Å². The molecule has 19 heavy (non-hydrogen) atoms. The first-order valence-corrected chi connectivity index (χ1v) is 6.52. The molecule has 0 unspecified atom stereocenters. The third kappa shape index (κ3) is 3.44. The Bertz CT molecular complexity index is 502. The van der Waals surface area contributed by atoms with Crippen LogP contribution in [0.5, 0.6) is 5.75 Å². The Morgan fingerprint density at radius 1 is 1.37 bits per heavy atom. The van der Waals surface area contributed by atoms with Crippen molar-refractivity contribution in [3.05, 3.63) is 33.9 Å². The molecule has 0 bridgehead atoms. The van der Waals surface area contributed by atoms with Gasteiger partial charge in [-0.3, -0.25) is 10.1 Å². The van der Waals surface area contributed by atoms with Crippen LogP contribution in [0.4, 0.5) is 5.69 Å². The molecule has 0 aromatic heterocycles. The molecule has 1 fully saturated rings. The molecule has 0 amide bonds. The maximum Gasteiger partial charge on any atom is 0.287 e. The molecule has 0 aliphatic heterocycles. The van der Waals surface area contributed by atoms with E-state index in [1.165, 1.54) is 44.2 Å². The molecule has 5 heteroatoms. The maximum atomic E-state index is 10.7. The number of nitriles is 1. The summed E-state index contributed by atoms with van der Waals surface area (Å²) in [4.78, 5) is 10.2. The van der Waals surface area contributed by atoms with Crippen molar-refractivity contribution >= 4 is 5.69 Å². The lowest BCUT2D eigenvalue weighted by Crippen LogP contribution is -2.15. The van der Waals surface area contributed by atoms with E-state index < -0.39 is 4.92 Å². The summed E-state index contributed by atoms with van der Waals surface area (Å²) in [5.74, 6) is 1.10. The van der Waals surface area contributed by atoms with Gasteiger partial charge >= 0.3 is 0 Å². The van der Waals surface area contributed by atoms with E-state index >= 15 is 0 Å². The van der Waals surface area contributed by atoms with E-state index in [4.69, 9.17) is 10.00 Å². The Balaban J connectivity index is 2.01. The van der Waals surface area contributed by atoms with Crippen LogP contribution in [0.1, 0.15) is 37.7 Å². The quantitative estimate of drug-likeness (QED) is 0.614. The fourth-order valence-electron chi connectivity index (χ4n) is 2.42. The molecule has 0 atom stereocenters. The SMILES string of the molecule is N#Cc1cc(OCC2CCCCC2)ccc1[N+](=O)[O-]. The molecule has 1 aromatic carbocycles. The number of hydrogen-bond donors (Lipinski definition) is 0. The van der Waals surface area contributed by atoms with Gasteiger partial charge in [-0.1, -0.05) is 19.3 Å². The summed E-state index contributed by atoms with van der Waals surface area (Å²) in [5, 5.41) is 19.6. The highest BCUT2D eigenvalue weighted by Gasteiger charge is 2.16. The van der Waals surface area contributed by atoms with Gasteiger partial charge in [0.1, 0.15) is 17.4 Å². The summed E-state index contributed by atoms with van der Waals surface area (Å²) < 4.78 is 5.65. The Kier molecular flexibility index (Phi) is 4.35. The molecule has 1 saturated carbocycles. The maximum absolute atomic E-state index is 10.7. The Morgan fingerprint density at radius 3 is 2.74 bits per heavy atom. The largest absolute Gasteiger partial charge is 0.493 e. The minimum absolute atomic E-state index is 0.0474. The second-order valence-corrected chi connectivity index (χ2v) is 4.86. The Hall–Kier alpha value is -2.09. The van der Waals surface area contributed by atoms with Crippen molar-refractivity contribution in [3.63, 3.8) is 0 Å². The van der Waals surface area contributed by atoms with E-state index in [0.717, 1.165) is 0 Å². The van der Waals surface area contributed by atoms with E-state index in [1.807, 2.05) is 6.07 Å². The van der Waals surface area contributed by atoms with Gasteiger partial charge in [0.05, 0.1) is 11.5 Å². The van der Waals surface area contributed by atoms with Crippen LogP contribution >= 0.6 is 0 Å². The number of benzene rings is 1. The standard InChI is InChI=1S/C14H16N2O3/c15-9-12-8-13(6-7-14(12)16(17)18)19-10-11-4-2-1-3-5-11/h6-8,11H,1-5,10H2. The van der Waals surface area contributed by atoms with Gasteiger partial charge in [0.2, 0.25) is 0 Å². The molecule has 100 valence electrons. The van der Waals surface area contributed by atoms with Gasteiger partial charge in [0, 0.05) is 12.1 Å². The molecule has 1 aliphatic carbocycles. The minimum atomic E-state index is -0.552. The summed E-state index contributed by atoms with van der Waals surface area (Å²) in [7, 11) is 0. The normalized spacial score (nSPS) is 15.7. The number of nitro benzene ring substituents is 1. The average Bonchev–Trinajstić information content (AvgIpc) is 2.45. The van der Waals surface area contributed by atoms with Crippen molar-refractivity contribution < 1.29 is 9.66 Å². The predicted molar refractivity (Wildman–Crippen MR) is 69.9 cm³/mol. The van der Waals surface area contributed by atoms with Gasteiger partial charge in [0.25, 0.3) is 5.69 Å². The summed E-state index contributed by atoms with van der Waals surface area (Å²) in [6.45, 7) is 0.628. The first-order valence-electron chi connectivity index (χ1n) is 6.52. The molecule has 0 heterocycles. The van der Waals surface area contributed by atoms with Crippen LogP contribution < -0.4 is 4.74 Å². The van der Waals surface area contributed by atoms with Gasteiger partial charge in [-0.2, -0.15) is 5.26 Å². The molecular formula is C14H16N2O3. The van der Waals surface area contributed by atoms with Crippen LogP contribution in [0, 0.1) is 27.4 Å². The van der Waals surface area contributed by atoms with Gasteiger partial charge in [-0.25, -0.2) is 0 Å². The highest BCUT2D eigenvalue weighted by Crippen LogP contribution is 2.27. The average molecular weight is 260 g/mol. The summed E-state index contributed by atoms with van der Waals surface area (Å²) in [5.41, 5.74) is -0.126. The van der Waals surface area contributed by atoms with Crippen LogP contribution in [-0.4, -0.2) is 11.5 Å². The second-order valence-electron chi connectivity index (χ2n) is 4.86. The van der Waals surface area contributed by atoms with E-state index in [9.17, 15) is 10.1 Å². The molecule has 1 aliphatic rings. The molecular weight excluding hydrogens is 244 g/mol. The van der Waals surface area contributed by atoms with Crippen LogP contribution in [0.15, 0.2) is 18.2 Å². The molecule has 0 N–H and O–H groups in total. The van der Waals surface area contributed by atoms with E-state index in [-0.39, 0.29) is 11.3 Å². The number of nitro groups is 1. The smallest absolute Gasteiger partial charge is 0.287 e. The fourth-order valence-corrected chi connectivity index (χ4v) is 2.42. The monoisotopic (exact) mass is 260 g/mol. The second kappa shape index (κ2) is 6.19. The van der Waals surface area contributed by atoms with Crippen molar-refractivity contribution in [3.8, 4) is 11.8 Å². The lowest BCUT2D eigenvalue weighted by molar-refractivity contribution is -0.385.